The summed E-state index contributed by atoms with van der Waals surface area (Å²) in [5, 5.41) is 3.30. The lowest BCUT2D eigenvalue weighted by molar-refractivity contribution is 0.506. The fraction of sp³-hybridized carbons (Fsp3) is 0.250. The van der Waals surface area contributed by atoms with Crippen molar-refractivity contribution in [2.75, 3.05) is 13.1 Å². The van der Waals surface area contributed by atoms with Gasteiger partial charge in [-0.2, -0.15) is 0 Å². The van der Waals surface area contributed by atoms with Crippen molar-refractivity contribution in [2.24, 2.45) is 0 Å². The van der Waals surface area contributed by atoms with E-state index in [2.05, 4.69) is 17.4 Å². The molecular formula is C16H17F2N. The summed E-state index contributed by atoms with van der Waals surface area (Å²) in [6.45, 7) is 1.64. The van der Waals surface area contributed by atoms with Gasteiger partial charge >= 0.3 is 0 Å². The highest BCUT2D eigenvalue weighted by Crippen LogP contribution is 2.08. The molecule has 0 amide bonds. The second kappa shape index (κ2) is 7.00. The Morgan fingerprint density at radius 3 is 2.11 bits per heavy atom. The standard InChI is InChI=1S/C16H17F2N/c17-15-7-6-14(12-16(15)18)9-11-19-10-8-13-4-2-1-3-5-13/h1-7,12,19H,8-11H2. The topological polar surface area (TPSA) is 12.0 Å². The van der Waals surface area contributed by atoms with Crippen LogP contribution >= 0.6 is 0 Å². The maximum Gasteiger partial charge on any atom is 0.159 e. The Bertz CT molecular complexity index is 511. The van der Waals surface area contributed by atoms with E-state index in [0.29, 0.717) is 6.42 Å². The molecule has 0 bridgehead atoms. The monoisotopic (exact) mass is 261 g/mol. The average molecular weight is 261 g/mol. The number of hydrogen-bond acceptors (Lipinski definition) is 1. The Labute approximate surface area is 112 Å². The molecule has 0 aliphatic carbocycles. The molecule has 1 N–H and O–H groups in total. The van der Waals surface area contributed by atoms with E-state index in [-0.39, 0.29) is 0 Å². The molecule has 0 aliphatic rings. The number of benzene rings is 2. The van der Waals surface area contributed by atoms with Gasteiger partial charge in [-0.1, -0.05) is 36.4 Å². The Kier molecular flexibility index (Phi) is 5.04. The SMILES string of the molecule is Fc1ccc(CCNCCc2ccccc2)cc1F. The summed E-state index contributed by atoms with van der Waals surface area (Å²) in [5.74, 6) is -1.57. The first-order chi connectivity index (χ1) is 9.25. The molecule has 0 spiro atoms. The molecule has 0 atom stereocenters. The van der Waals surface area contributed by atoms with Crippen LogP contribution in [0.25, 0.3) is 0 Å². The Morgan fingerprint density at radius 2 is 1.42 bits per heavy atom. The van der Waals surface area contributed by atoms with E-state index >= 15 is 0 Å². The van der Waals surface area contributed by atoms with Crippen LogP contribution in [0.2, 0.25) is 0 Å². The van der Waals surface area contributed by atoms with Crippen molar-refractivity contribution < 1.29 is 8.78 Å². The van der Waals surface area contributed by atoms with Gasteiger partial charge in [-0.3, -0.25) is 0 Å². The third-order valence-corrected chi connectivity index (χ3v) is 3.01. The first-order valence-electron chi connectivity index (χ1n) is 6.44. The number of halogens is 2. The lowest BCUT2D eigenvalue weighted by atomic mass is 10.1. The summed E-state index contributed by atoms with van der Waals surface area (Å²) < 4.78 is 25.7. The van der Waals surface area contributed by atoms with Crippen LogP contribution in [0.3, 0.4) is 0 Å². The first kappa shape index (κ1) is 13.7. The third kappa shape index (κ3) is 4.45. The lowest BCUT2D eigenvalue weighted by Crippen LogP contribution is -2.20. The van der Waals surface area contributed by atoms with E-state index in [0.717, 1.165) is 25.1 Å². The Hall–Kier alpha value is -1.74. The molecule has 2 aromatic carbocycles. The van der Waals surface area contributed by atoms with Crippen LogP contribution in [-0.2, 0) is 12.8 Å². The van der Waals surface area contributed by atoms with Gasteiger partial charge < -0.3 is 5.32 Å². The third-order valence-electron chi connectivity index (χ3n) is 3.01. The number of nitrogens with one attached hydrogen (secondary N) is 1. The van der Waals surface area contributed by atoms with Crippen LogP contribution < -0.4 is 5.32 Å². The smallest absolute Gasteiger partial charge is 0.159 e. The van der Waals surface area contributed by atoms with Crippen molar-refractivity contribution >= 4 is 0 Å². The molecule has 3 heteroatoms. The lowest BCUT2D eigenvalue weighted by Gasteiger charge is -2.05. The summed E-state index contributed by atoms with van der Waals surface area (Å²) >= 11 is 0. The van der Waals surface area contributed by atoms with E-state index in [1.54, 1.807) is 6.07 Å². The summed E-state index contributed by atoms with van der Waals surface area (Å²) in [6.07, 6.45) is 1.67. The number of rotatable bonds is 6. The molecular weight excluding hydrogens is 244 g/mol. The second-order valence-electron chi connectivity index (χ2n) is 4.48. The largest absolute Gasteiger partial charge is 0.316 e. The average Bonchev–Trinajstić information content (AvgIpc) is 2.43. The molecule has 0 unspecified atom stereocenters. The molecule has 0 heterocycles. The van der Waals surface area contributed by atoms with Crippen LogP contribution in [0.15, 0.2) is 48.5 Å². The molecule has 0 saturated heterocycles. The van der Waals surface area contributed by atoms with Crippen molar-refractivity contribution in [3.8, 4) is 0 Å². The molecule has 1 nitrogen and oxygen atoms in total. The van der Waals surface area contributed by atoms with Crippen molar-refractivity contribution in [2.45, 2.75) is 12.8 Å². The Morgan fingerprint density at radius 1 is 0.737 bits per heavy atom. The van der Waals surface area contributed by atoms with E-state index < -0.39 is 11.6 Å². The van der Waals surface area contributed by atoms with Gasteiger partial charge in [0.15, 0.2) is 11.6 Å². The van der Waals surface area contributed by atoms with Crippen molar-refractivity contribution in [1.82, 2.24) is 5.32 Å². The summed E-state index contributed by atoms with van der Waals surface area (Å²) in [4.78, 5) is 0. The van der Waals surface area contributed by atoms with Crippen molar-refractivity contribution in [1.29, 1.82) is 0 Å². The van der Waals surface area contributed by atoms with Crippen molar-refractivity contribution in [3.63, 3.8) is 0 Å². The maximum atomic E-state index is 13.0. The Balaban J connectivity index is 1.68. The van der Waals surface area contributed by atoms with Gasteiger partial charge in [-0.05, 0) is 49.2 Å². The minimum absolute atomic E-state index is 0.700. The highest BCUT2D eigenvalue weighted by Gasteiger charge is 2.01. The quantitative estimate of drug-likeness (QED) is 0.786. The van der Waals surface area contributed by atoms with Crippen LogP contribution in [-0.4, -0.2) is 13.1 Å². The predicted molar refractivity (Wildman–Crippen MR) is 73.1 cm³/mol. The van der Waals surface area contributed by atoms with Gasteiger partial charge in [0.2, 0.25) is 0 Å². The van der Waals surface area contributed by atoms with Gasteiger partial charge in [-0.25, -0.2) is 8.78 Å². The zero-order valence-corrected chi connectivity index (χ0v) is 10.7. The maximum absolute atomic E-state index is 13.0. The zero-order chi connectivity index (χ0) is 13.5. The van der Waals surface area contributed by atoms with Crippen LogP contribution in [0.5, 0.6) is 0 Å². The molecule has 0 fully saturated rings. The molecule has 0 saturated carbocycles. The molecule has 2 aromatic rings. The van der Waals surface area contributed by atoms with Crippen LogP contribution in [0.1, 0.15) is 11.1 Å². The zero-order valence-electron chi connectivity index (χ0n) is 10.7. The fourth-order valence-electron chi connectivity index (χ4n) is 1.93. The predicted octanol–water partition coefficient (Wildman–Crippen LogP) is 3.34. The molecule has 0 aliphatic heterocycles. The number of hydrogen-bond donors (Lipinski definition) is 1. The summed E-state index contributed by atoms with van der Waals surface area (Å²) in [6, 6.07) is 14.3. The van der Waals surface area contributed by atoms with Gasteiger partial charge in [0.25, 0.3) is 0 Å². The molecule has 0 aromatic heterocycles. The van der Waals surface area contributed by atoms with Gasteiger partial charge in [0.1, 0.15) is 0 Å². The fourth-order valence-corrected chi connectivity index (χ4v) is 1.93. The normalized spacial score (nSPS) is 10.6. The van der Waals surface area contributed by atoms with Gasteiger partial charge in [0, 0.05) is 0 Å². The van der Waals surface area contributed by atoms with Crippen molar-refractivity contribution in [3.05, 3.63) is 71.3 Å². The molecule has 2 rings (SSSR count). The second-order valence-corrected chi connectivity index (χ2v) is 4.48. The van der Waals surface area contributed by atoms with Gasteiger partial charge in [-0.15, -0.1) is 0 Å². The molecule has 0 radical (unpaired) electrons. The minimum Gasteiger partial charge on any atom is -0.316 e. The summed E-state index contributed by atoms with van der Waals surface area (Å²) in [7, 11) is 0. The van der Waals surface area contributed by atoms with E-state index in [4.69, 9.17) is 0 Å². The van der Waals surface area contributed by atoms with Gasteiger partial charge in [0.05, 0.1) is 0 Å². The van der Waals surface area contributed by atoms with Crippen LogP contribution in [0, 0.1) is 11.6 Å². The van der Waals surface area contributed by atoms with E-state index in [9.17, 15) is 8.78 Å². The highest BCUT2D eigenvalue weighted by molar-refractivity contribution is 5.18. The summed E-state index contributed by atoms with van der Waals surface area (Å²) in [5.41, 5.74) is 2.11. The highest BCUT2D eigenvalue weighted by atomic mass is 19.2. The van der Waals surface area contributed by atoms with E-state index in [1.165, 1.54) is 17.7 Å². The molecule has 100 valence electrons. The first-order valence-corrected chi connectivity index (χ1v) is 6.44. The van der Waals surface area contributed by atoms with E-state index in [1.807, 2.05) is 18.2 Å². The molecule has 19 heavy (non-hydrogen) atoms. The minimum atomic E-state index is -0.791. The van der Waals surface area contributed by atoms with Crippen LogP contribution in [0.4, 0.5) is 8.78 Å².